The van der Waals surface area contributed by atoms with Gasteiger partial charge in [-0.3, -0.25) is 14.1 Å². The Labute approximate surface area is 202 Å². The molecular weight excluding hydrogens is 491 g/mol. The van der Waals surface area contributed by atoms with Crippen LogP contribution in [0.25, 0.3) is 0 Å². The molecule has 32 heavy (non-hydrogen) atoms. The Morgan fingerprint density at radius 1 is 1.00 bits per heavy atom. The first kappa shape index (κ1) is 23.1. The molecule has 1 aromatic heterocycles. The molecule has 0 saturated carbocycles. The Hall–Kier alpha value is -2.12. The normalized spacial score (nSPS) is 14.0. The molecule has 9 heteroatoms. The maximum atomic E-state index is 13.4. The van der Waals surface area contributed by atoms with E-state index >= 15 is 0 Å². The van der Waals surface area contributed by atoms with Crippen LogP contribution in [0.15, 0.2) is 59.6 Å². The van der Waals surface area contributed by atoms with Crippen LogP contribution in [-0.4, -0.2) is 25.7 Å². The van der Waals surface area contributed by atoms with Crippen molar-refractivity contribution < 1.29 is 13.2 Å². The number of aryl methyl sites for hydroxylation is 1. The van der Waals surface area contributed by atoms with Gasteiger partial charge in [-0.15, -0.1) is 0 Å². The van der Waals surface area contributed by atoms with Crippen LogP contribution in [0.4, 0.5) is 5.69 Å². The number of aromatic nitrogens is 1. The number of sulfonamides is 1. The second-order valence-corrected chi connectivity index (χ2v) is 10.6. The van der Waals surface area contributed by atoms with Gasteiger partial charge in [0, 0.05) is 24.2 Å². The molecule has 166 valence electrons. The van der Waals surface area contributed by atoms with E-state index in [1.807, 2.05) is 0 Å². The van der Waals surface area contributed by atoms with Crippen molar-refractivity contribution in [3.63, 3.8) is 0 Å². The van der Waals surface area contributed by atoms with Crippen molar-refractivity contribution in [2.24, 2.45) is 0 Å². The lowest BCUT2D eigenvalue weighted by molar-refractivity contribution is 0.0993. The number of pyridine rings is 1. The molecule has 0 aliphatic carbocycles. The lowest BCUT2D eigenvalue weighted by atomic mass is 10.0. The zero-order chi connectivity index (χ0) is 22.9. The van der Waals surface area contributed by atoms with Crippen molar-refractivity contribution >= 4 is 56.3 Å². The van der Waals surface area contributed by atoms with Gasteiger partial charge in [0.2, 0.25) is 0 Å². The third-order valence-corrected chi connectivity index (χ3v) is 7.96. The number of hydrogen-bond donors (Lipinski definition) is 0. The fraction of sp³-hybridized carbons (Fsp3) is 0.217. The number of hydrogen-bond acceptors (Lipinski definition) is 4. The largest absolute Gasteiger partial charge is 0.294 e. The van der Waals surface area contributed by atoms with E-state index in [1.165, 1.54) is 16.4 Å². The van der Waals surface area contributed by atoms with E-state index in [-0.39, 0.29) is 32.7 Å². The van der Waals surface area contributed by atoms with E-state index in [2.05, 4.69) is 4.98 Å². The maximum Gasteiger partial charge on any atom is 0.264 e. The number of ketones is 1. The second kappa shape index (κ2) is 9.40. The average molecular weight is 510 g/mol. The van der Waals surface area contributed by atoms with Crippen molar-refractivity contribution in [2.75, 3.05) is 10.8 Å². The SMILES string of the molecule is O=C(Cc1cnc2c(c1)N(S(=O)(=O)c1cccc(Cl)c1)CCCC2)c1c(Cl)cccc1Cl. The molecule has 0 radical (unpaired) electrons. The van der Waals surface area contributed by atoms with E-state index in [1.54, 1.807) is 42.6 Å². The van der Waals surface area contributed by atoms with Crippen LogP contribution < -0.4 is 4.31 Å². The van der Waals surface area contributed by atoms with E-state index < -0.39 is 10.0 Å². The highest BCUT2D eigenvalue weighted by atomic mass is 35.5. The fourth-order valence-corrected chi connectivity index (χ4v) is 6.17. The van der Waals surface area contributed by atoms with Crippen molar-refractivity contribution in [3.05, 3.63) is 86.6 Å². The Bertz CT molecular complexity index is 1280. The molecule has 0 N–H and O–H groups in total. The van der Waals surface area contributed by atoms with Crippen molar-refractivity contribution in [1.29, 1.82) is 0 Å². The first-order chi connectivity index (χ1) is 15.3. The smallest absolute Gasteiger partial charge is 0.264 e. The summed E-state index contributed by atoms with van der Waals surface area (Å²) in [5, 5.41) is 0.890. The summed E-state index contributed by atoms with van der Waals surface area (Å²) in [5.41, 5.74) is 1.99. The Morgan fingerprint density at radius 3 is 2.44 bits per heavy atom. The van der Waals surface area contributed by atoms with E-state index in [0.717, 1.165) is 6.42 Å². The first-order valence-corrected chi connectivity index (χ1v) is 12.6. The summed E-state index contributed by atoms with van der Waals surface area (Å²) in [5.74, 6) is -0.264. The van der Waals surface area contributed by atoms with Gasteiger partial charge in [-0.2, -0.15) is 0 Å². The minimum atomic E-state index is -3.85. The highest BCUT2D eigenvalue weighted by Gasteiger charge is 2.29. The highest BCUT2D eigenvalue weighted by Crippen LogP contribution is 2.32. The molecule has 0 saturated heterocycles. The lowest BCUT2D eigenvalue weighted by Crippen LogP contribution is -2.32. The molecule has 3 aromatic rings. The van der Waals surface area contributed by atoms with Gasteiger partial charge in [0.25, 0.3) is 10.0 Å². The van der Waals surface area contributed by atoms with Crippen molar-refractivity contribution in [1.82, 2.24) is 4.98 Å². The van der Waals surface area contributed by atoms with Crippen LogP contribution in [0, 0.1) is 0 Å². The van der Waals surface area contributed by atoms with E-state index in [9.17, 15) is 13.2 Å². The van der Waals surface area contributed by atoms with Crippen LogP contribution >= 0.6 is 34.8 Å². The summed E-state index contributed by atoms with van der Waals surface area (Å²) in [4.78, 5) is 17.5. The minimum absolute atomic E-state index is 0.00517. The monoisotopic (exact) mass is 508 g/mol. The van der Waals surface area contributed by atoms with Crippen LogP contribution in [0.5, 0.6) is 0 Å². The molecule has 1 aliphatic rings. The molecule has 4 rings (SSSR count). The van der Waals surface area contributed by atoms with Crippen LogP contribution in [0.2, 0.25) is 15.1 Å². The standard InChI is InChI=1S/C23H19Cl3N2O3S/c24-16-5-3-6-17(13-16)32(30,31)28-10-2-1-9-20-21(28)11-15(14-27-20)12-22(29)23-18(25)7-4-8-19(23)26/h3-8,11,13-14H,1-2,9-10,12H2. The molecule has 2 aromatic carbocycles. The number of anilines is 1. The van der Waals surface area contributed by atoms with Gasteiger partial charge in [-0.25, -0.2) is 8.42 Å². The molecule has 5 nitrogen and oxygen atoms in total. The third kappa shape index (κ3) is 4.64. The summed E-state index contributed by atoms with van der Waals surface area (Å²) < 4.78 is 28.2. The van der Waals surface area contributed by atoms with Crippen LogP contribution in [0.1, 0.15) is 34.5 Å². The number of fused-ring (bicyclic) bond motifs is 1. The molecule has 0 atom stereocenters. The lowest BCUT2D eigenvalue weighted by Gasteiger charge is -2.24. The summed E-state index contributed by atoms with van der Waals surface area (Å²) in [6.07, 6.45) is 3.77. The maximum absolute atomic E-state index is 13.4. The van der Waals surface area contributed by atoms with E-state index in [0.29, 0.717) is 41.4 Å². The Balaban J connectivity index is 1.72. The minimum Gasteiger partial charge on any atom is -0.294 e. The third-order valence-electron chi connectivity index (χ3n) is 5.29. The van der Waals surface area contributed by atoms with Crippen LogP contribution in [0.3, 0.4) is 0 Å². The summed E-state index contributed by atoms with van der Waals surface area (Å²) in [7, 11) is -3.85. The van der Waals surface area contributed by atoms with E-state index in [4.69, 9.17) is 34.8 Å². The molecule has 0 fully saturated rings. The van der Waals surface area contributed by atoms with Gasteiger partial charge in [-0.1, -0.05) is 46.9 Å². The number of nitrogens with zero attached hydrogens (tertiary/aromatic N) is 2. The predicted molar refractivity (Wildman–Crippen MR) is 128 cm³/mol. The van der Waals surface area contributed by atoms with Crippen LogP contribution in [-0.2, 0) is 22.9 Å². The molecule has 0 amide bonds. The Kier molecular flexibility index (Phi) is 6.77. The zero-order valence-corrected chi connectivity index (χ0v) is 20.0. The van der Waals surface area contributed by atoms with Crippen molar-refractivity contribution in [3.8, 4) is 0 Å². The second-order valence-electron chi connectivity index (χ2n) is 7.50. The van der Waals surface area contributed by atoms with Gasteiger partial charge in [-0.05, 0) is 61.2 Å². The number of benzene rings is 2. The average Bonchev–Trinajstić information content (AvgIpc) is 2.96. The quantitative estimate of drug-likeness (QED) is 0.396. The number of rotatable bonds is 5. The molecular formula is C23H19Cl3N2O3S. The first-order valence-electron chi connectivity index (χ1n) is 10.0. The molecule has 0 unspecified atom stereocenters. The number of carbonyl (C=O) groups is 1. The van der Waals surface area contributed by atoms with Gasteiger partial charge in [0.15, 0.2) is 5.78 Å². The van der Waals surface area contributed by atoms with Crippen molar-refractivity contribution in [2.45, 2.75) is 30.6 Å². The summed E-state index contributed by atoms with van der Waals surface area (Å²) >= 11 is 18.4. The highest BCUT2D eigenvalue weighted by molar-refractivity contribution is 7.92. The predicted octanol–water partition coefficient (Wildman–Crippen LogP) is 6.00. The number of carbonyl (C=O) groups excluding carboxylic acids is 1. The van der Waals surface area contributed by atoms with Gasteiger partial charge in [0.1, 0.15) is 0 Å². The van der Waals surface area contributed by atoms with Gasteiger partial charge in [0.05, 0.1) is 31.9 Å². The molecule has 0 spiro atoms. The Morgan fingerprint density at radius 2 is 1.72 bits per heavy atom. The molecule has 0 bridgehead atoms. The van der Waals surface area contributed by atoms with Gasteiger partial charge >= 0.3 is 0 Å². The summed E-state index contributed by atoms with van der Waals surface area (Å²) in [6, 6.07) is 12.8. The van der Waals surface area contributed by atoms with Gasteiger partial charge < -0.3 is 0 Å². The number of Topliss-reactive ketones (excluding diaryl/α,β-unsaturated/α-hetero) is 1. The summed E-state index contributed by atoms with van der Waals surface area (Å²) in [6.45, 7) is 0.317. The molecule has 2 heterocycles. The fourth-order valence-electron chi connectivity index (χ4n) is 3.74. The topological polar surface area (TPSA) is 67.3 Å². The number of halogens is 3. The molecule has 1 aliphatic heterocycles. The zero-order valence-electron chi connectivity index (χ0n) is 16.9.